The number of hydrogen-bond acceptors (Lipinski definition) is 0. The Bertz CT molecular complexity index is 113. The fraction of sp³-hybridized carbons (Fsp3) is 0.714. The van der Waals surface area contributed by atoms with Gasteiger partial charge in [-0.05, 0) is 25.7 Å². The highest BCUT2D eigenvalue weighted by atomic mass is 13.9. The van der Waals surface area contributed by atoms with Crippen molar-refractivity contribution in [2.24, 2.45) is 0 Å². The molecule has 0 aliphatic heterocycles. The second-order valence-electron chi connectivity index (χ2n) is 3.88. The molecule has 0 saturated heterocycles. The van der Waals surface area contributed by atoms with Crippen molar-refractivity contribution in [3.05, 3.63) is 26.0 Å². The van der Waals surface area contributed by atoms with Gasteiger partial charge in [0.1, 0.15) is 0 Å². The van der Waals surface area contributed by atoms with E-state index in [1.54, 1.807) is 0 Å². The van der Waals surface area contributed by atoms with Crippen molar-refractivity contribution >= 4 is 0 Å². The first-order valence-corrected chi connectivity index (χ1v) is 6.15. The first-order chi connectivity index (χ1) is 6.91. The Morgan fingerprint density at radius 1 is 0.571 bits per heavy atom. The second-order valence-corrected chi connectivity index (χ2v) is 3.88. The summed E-state index contributed by atoms with van der Waals surface area (Å²) in [6.07, 6.45) is 17.3. The van der Waals surface area contributed by atoms with E-state index in [9.17, 15) is 0 Å². The minimum atomic E-state index is 1.08. The number of unbranched alkanes of at least 4 members (excludes halogenated alkanes) is 8. The minimum absolute atomic E-state index is 1.08. The van der Waals surface area contributed by atoms with Crippen molar-refractivity contribution in [1.82, 2.24) is 0 Å². The Morgan fingerprint density at radius 2 is 1.00 bits per heavy atom. The topological polar surface area (TPSA) is 0 Å². The van der Waals surface area contributed by atoms with E-state index in [0.717, 1.165) is 12.8 Å². The van der Waals surface area contributed by atoms with Crippen LogP contribution in [0, 0.1) is 13.8 Å². The van der Waals surface area contributed by atoms with Gasteiger partial charge in [-0.3, -0.25) is 0 Å². The van der Waals surface area contributed by atoms with Crippen LogP contribution >= 0.6 is 0 Å². The largest absolute Gasteiger partial charge is 0.0885 e. The molecule has 0 saturated carbocycles. The molecule has 0 unspecified atom stereocenters. The Morgan fingerprint density at radius 3 is 1.57 bits per heavy atom. The normalized spacial score (nSPS) is 11.3. The molecule has 82 valence electrons. The van der Waals surface area contributed by atoms with Crippen molar-refractivity contribution in [2.75, 3.05) is 0 Å². The van der Waals surface area contributed by atoms with Gasteiger partial charge in [-0.1, -0.05) is 64.5 Å². The molecule has 0 aromatic heterocycles. The average molecular weight is 194 g/mol. The molecule has 0 N–H and O–H groups in total. The van der Waals surface area contributed by atoms with Crippen LogP contribution in [0.5, 0.6) is 0 Å². The van der Waals surface area contributed by atoms with E-state index in [2.05, 4.69) is 26.0 Å². The predicted octanol–water partition coefficient (Wildman–Crippen LogP) is 5.11. The van der Waals surface area contributed by atoms with Crippen molar-refractivity contribution in [2.45, 2.75) is 64.2 Å². The van der Waals surface area contributed by atoms with E-state index in [1.165, 1.54) is 51.4 Å². The van der Waals surface area contributed by atoms with E-state index in [1.807, 2.05) is 0 Å². The Balaban J connectivity index is 2.96. The van der Waals surface area contributed by atoms with Crippen LogP contribution < -0.4 is 0 Å². The fourth-order valence-electron chi connectivity index (χ4n) is 1.47. The Kier molecular flexibility index (Phi) is 12.5. The smallest absolute Gasteiger partial charge is 0.0351 e. The lowest BCUT2D eigenvalue weighted by molar-refractivity contribution is 0.650. The van der Waals surface area contributed by atoms with Gasteiger partial charge in [0.15, 0.2) is 0 Å². The van der Waals surface area contributed by atoms with Gasteiger partial charge in [-0.25, -0.2) is 0 Å². The molecule has 0 rings (SSSR count). The lowest BCUT2D eigenvalue weighted by atomic mass is 10.1. The molecule has 0 fully saturated rings. The van der Waals surface area contributed by atoms with Gasteiger partial charge < -0.3 is 0 Å². The second kappa shape index (κ2) is 12.7. The standard InChI is InChI=1S/C14H26/c1-3-5-7-9-11-13-14-12-10-8-6-4-2/h11,13H,1-10,12,14H2. The molecule has 0 heteroatoms. The van der Waals surface area contributed by atoms with Gasteiger partial charge in [0.25, 0.3) is 0 Å². The van der Waals surface area contributed by atoms with E-state index in [0.29, 0.717) is 0 Å². The number of hydrogen-bond donors (Lipinski definition) is 0. The third-order valence-corrected chi connectivity index (χ3v) is 2.41. The van der Waals surface area contributed by atoms with Gasteiger partial charge in [0, 0.05) is 0 Å². The van der Waals surface area contributed by atoms with Crippen molar-refractivity contribution in [3.8, 4) is 0 Å². The average Bonchev–Trinajstić information content (AvgIpc) is 2.21. The first-order valence-electron chi connectivity index (χ1n) is 6.15. The SMILES string of the molecule is [CH2]CCCCC=CCCCCCC[CH2]. The molecule has 14 heavy (non-hydrogen) atoms. The maximum absolute atomic E-state index is 3.84. The highest BCUT2D eigenvalue weighted by molar-refractivity contribution is 4.81. The molecule has 2 radical (unpaired) electrons. The van der Waals surface area contributed by atoms with Crippen LogP contribution in [-0.2, 0) is 0 Å². The zero-order chi connectivity index (χ0) is 10.5. The molecule has 0 aliphatic carbocycles. The van der Waals surface area contributed by atoms with Crippen LogP contribution in [0.15, 0.2) is 12.2 Å². The summed E-state index contributed by atoms with van der Waals surface area (Å²) in [5, 5.41) is 0. The highest BCUT2D eigenvalue weighted by Crippen LogP contribution is 2.06. The fourth-order valence-corrected chi connectivity index (χ4v) is 1.47. The molecule has 0 nitrogen and oxygen atoms in total. The van der Waals surface area contributed by atoms with Gasteiger partial charge >= 0.3 is 0 Å². The summed E-state index contributed by atoms with van der Waals surface area (Å²) in [4.78, 5) is 0. The minimum Gasteiger partial charge on any atom is -0.0885 e. The van der Waals surface area contributed by atoms with Crippen LogP contribution in [0.2, 0.25) is 0 Å². The van der Waals surface area contributed by atoms with Gasteiger partial charge in [-0.15, -0.1) is 0 Å². The lowest BCUT2D eigenvalue weighted by Gasteiger charge is -1.96. The van der Waals surface area contributed by atoms with E-state index in [-0.39, 0.29) is 0 Å². The summed E-state index contributed by atoms with van der Waals surface area (Å²) in [6.45, 7) is 7.67. The lowest BCUT2D eigenvalue weighted by Crippen LogP contribution is -1.76. The predicted molar refractivity (Wildman–Crippen MR) is 66.0 cm³/mol. The Labute approximate surface area is 90.8 Å². The van der Waals surface area contributed by atoms with Crippen LogP contribution in [0.3, 0.4) is 0 Å². The summed E-state index contributed by atoms with van der Waals surface area (Å²) in [6, 6.07) is 0. The molecule has 0 amide bonds. The third-order valence-electron chi connectivity index (χ3n) is 2.41. The summed E-state index contributed by atoms with van der Waals surface area (Å²) in [5.41, 5.74) is 0. The summed E-state index contributed by atoms with van der Waals surface area (Å²) >= 11 is 0. The van der Waals surface area contributed by atoms with Crippen LogP contribution in [0.1, 0.15) is 64.2 Å². The molecule has 0 bridgehead atoms. The summed E-state index contributed by atoms with van der Waals surface area (Å²) in [5.74, 6) is 0. The maximum atomic E-state index is 3.84. The van der Waals surface area contributed by atoms with Crippen LogP contribution in [0.25, 0.3) is 0 Å². The first kappa shape index (κ1) is 13.7. The maximum Gasteiger partial charge on any atom is -0.0351 e. The number of rotatable bonds is 10. The van der Waals surface area contributed by atoms with Crippen molar-refractivity contribution < 1.29 is 0 Å². The molecule has 0 heterocycles. The van der Waals surface area contributed by atoms with E-state index >= 15 is 0 Å². The van der Waals surface area contributed by atoms with E-state index < -0.39 is 0 Å². The van der Waals surface area contributed by atoms with E-state index in [4.69, 9.17) is 0 Å². The van der Waals surface area contributed by atoms with Crippen LogP contribution in [0.4, 0.5) is 0 Å². The number of allylic oxidation sites excluding steroid dienone is 2. The molecule has 0 aromatic rings. The van der Waals surface area contributed by atoms with Gasteiger partial charge in [0.2, 0.25) is 0 Å². The molecule has 0 aromatic carbocycles. The Hall–Kier alpha value is -0.260. The molecule has 0 aliphatic rings. The van der Waals surface area contributed by atoms with Crippen molar-refractivity contribution in [1.29, 1.82) is 0 Å². The zero-order valence-corrected chi connectivity index (χ0v) is 9.64. The third kappa shape index (κ3) is 11.7. The van der Waals surface area contributed by atoms with Gasteiger partial charge in [0.05, 0.1) is 0 Å². The summed E-state index contributed by atoms with van der Waals surface area (Å²) < 4.78 is 0. The highest BCUT2D eigenvalue weighted by Gasteiger charge is 1.86. The molecular weight excluding hydrogens is 168 g/mol. The monoisotopic (exact) mass is 194 g/mol. The van der Waals surface area contributed by atoms with Crippen LogP contribution in [-0.4, -0.2) is 0 Å². The van der Waals surface area contributed by atoms with Crippen molar-refractivity contribution in [3.63, 3.8) is 0 Å². The molecular formula is C14H26. The quantitative estimate of drug-likeness (QED) is 0.335. The molecule has 0 spiro atoms. The summed E-state index contributed by atoms with van der Waals surface area (Å²) in [7, 11) is 0. The van der Waals surface area contributed by atoms with Gasteiger partial charge in [-0.2, -0.15) is 0 Å². The molecule has 0 atom stereocenters. The zero-order valence-electron chi connectivity index (χ0n) is 9.64.